The molecule has 3 heteroatoms. The Morgan fingerprint density at radius 1 is 1.35 bits per heavy atom. The summed E-state index contributed by atoms with van der Waals surface area (Å²) < 4.78 is 0. The van der Waals surface area contributed by atoms with Crippen LogP contribution >= 0.6 is 0 Å². The van der Waals surface area contributed by atoms with E-state index in [2.05, 4.69) is 13.8 Å². The molecule has 3 nitrogen and oxygen atoms in total. The lowest BCUT2D eigenvalue weighted by Gasteiger charge is -2.20. The van der Waals surface area contributed by atoms with Crippen LogP contribution in [0.4, 0.5) is 5.69 Å². The van der Waals surface area contributed by atoms with E-state index < -0.39 is 0 Å². The van der Waals surface area contributed by atoms with Crippen molar-refractivity contribution in [2.24, 2.45) is 5.92 Å². The maximum Gasteiger partial charge on any atom is 0.226 e. The van der Waals surface area contributed by atoms with E-state index in [1.165, 1.54) is 0 Å². The van der Waals surface area contributed by atoms with Gasteiger partial charge >= 0.3 is 0 Å². The molecule has 0 aliphatic carbocycles. The normalized spacial score (nSPS) is 12.2. The second-order valence-electron chi connectivity index (χ2n) is 4.71. The number of nitrogens with zero attached hydrogens (tertiary/aromatic N) is 1. The summed E-state index contributed by atoms with van der Waals surface area (Å²) >= 11 is 0. The SMILES string of the molecule is CCC(C)CN(C)C(=O)Cc1ccc(N)cc1. The number of hydrogen-bond donors (Lipinski definition) is 1. The van der Waals surface area contributed by atoms with Gasteiger partial charge in [0.2, 0.25) is 5.91 Å². The molecule has 0 aliphatic rings. The average molecular weight is 234 g/mol. The van der Waals surface area contributed by atoms with Crippen molar-refractivity contribution in [3.05, 3.63) is 29.8 Å². The first-order valence-corrected chi connectivity index (χ1v) is 6.11. The second kappa shape index (κ2) is 6.28. The van der Waals surface area contributed by atoms with E-state index in [0.717, 1.165) is 24.2 Å². The number of nitrogens with two attached hydrogens (primary N) is 1. The van der Waals surface area contributed by atoms with E-state index in [0.29, 0.717) is 12.3 Å². The first-order valence-electron chi connectivity index (χ1n) is 6.11. The Labute approximate surface area is 104 Å². The summed E-state index contributed by atoms with van der Waals surface area (Å²) in [5.41, 5.74) is 7.35. The zero-order valence-corrected chi connectivity index (χ0v) is 10.9. The molecular formula is C14H22N2O. The molecule has 1 rings (SSSR count). The highest BCUT2D eigenvalue weighted by atomic mass is 16.2. The Hall–Kier alpha value is -1.51. The van der Waals surface area contributed by atoms with Gasteiger partial charge in [-0.2, -0.15) is 0 Å². The number of amides is 1. The molecule has 1 unspecified atom stereocenters. The predicted molar refractivity (Wildman–Crippen MR) is 71.7 cm³/mol. The van der Waals surface area contributed by atoms with Gasteiger partial charge in [0, 0.05) is 19.3 Å². The minimum Gasteiger partial charge on any atom is -0.399 e. The number of carbonyl (C=O) groups excluding carboxylic acids is 1. The lowest BCUT2D eigenvalue weighted by Crippen LogP contribution is -2.32. The molecule has 0 heterocycles. The number of nitrogen functional groups attached to an aromatic ring is 1. The highest BCUT2D eigenvalue weighted by Crippen LogP contribution is 2.09. The van der Waals surface area contributed by atoms with Gasteiger partial charge in [-0.15, -0.1) is 0 Å². The van der Waals surface area contributed by atoms with Crippen molar-refractivity contribution < 1.29 is 4.79 Å². The molecule has 1 amide bonds. The number of hydrogen-bond acceptors (Lipinski definition) is 2. The molecule has 17 heavy (non-hydrogen) atoms. The molecule has 0 radical (unpaired) electrons. The molecule has 0 spiro atoms. The van der Waals surface area contributed by atoms with Gasteiger partial charge in [-0.3, -0.25) is 4.79 Å². The quantitative estimate of drug-likeness (QED) is 0.795. The van der Waals surface area contributed by atoms with E-state index in [1.807, 2.05) is 36.2 Å². The smallest absolute Gasteiger partial charge is 0.226 e. The summed E-state index contributed by atoms with van der Waals surface area (Å²) in [4.78, 5) is 13.8. The van der Waals surface area contributed by atoms with Crippen LogP contribution in [0, 0.1) is 5.92 Å². The van der Waals surface area contributed by atoms with Crippen LogP contribution in [0.3, 0.4) is 0 Å². The van der Waals surface area contributed by atoms with Crippen molar-refractivity contribution >= 4 is 11.6 Å². The molecule has 0 saturated heterocycles. The third-order valence-corrected chi connectivity index (χ3v) is 3.04. The van der Waals surface area contributed by atoms with E-state index in [9.17, 15) is 4.79 Å². The summed E-state index contributed by atoms with van der Waals surface area (Å²) in [5, 5.41) is 0. The Kier molecular flexibility index (Phi) is 5.01. The zero-order valence-electron chi connectivity index (χ0n) is 10.9. The molecule has 2 N–H and O–H groups in total. The van der Waals surface area contributed by atoms with Gasteiger partial charge in [-0.25, -0.2) is 0 Å². The standard InChI is InChI=1S/C14H22N2O/c1-4-11(2)10-16(3)14(17)9-12-5-7-13(15)8-6-12/h5-8,11H,4,9-10,15H2,1-3H3. The van der Waals surface area contributed by atoms with Crippen LogP contribution in [0.1, 0.15) is 25.8 Å². The fourth-order valence-electron chi connectivity index (χ4n) is 1.64. The van der Waals surface area contributed by atoms with E-state index in [-0.39, 0.29) is 5.91 Å². The van der Waals surface area contributed by atoms with Crippen molar-refractivity contribution in [3.63, 3.8) is 0 Å². The predicted octanol–water partition coefficient (Wildman–Crippen LogP) is 2.32. The van der Waals surface area contributed by atoms with Crippen LogP contribution in [0.15, 0.2) is 24.3 Å². The summed E-state index contributed by atoms with van der Waals surface area (Å²) in [7, 11) is 1.87. The third-order valence-electron chi connectivity index (χ3n) is 3.04. The van der Waals surface area contributed by atoms with Crippen LogP contribution in [-0.4, -0.2) is 24.4 Å². The Morgan fingerprint density at radius 3 is 2.47 bits per heavy atom. The lowest BCUT2D eigenvalue weighted by atomic mass is 10.1. The fourth-order valence-corrected chi connectivity index (χ4v) is 1.64. The highest BCUT2D eigenvalue weighted by Gasteiger charge is 2.11. The van der Waals surface area contributed by atoms with Crippen molar-refractivity contribution in [1.29, 1.82) is 0 Å². The summed E-state index contributed by atoms with van der Waals surface area (Å²) in [6, 6.07) is 7.48. The molecular weight excluding hydrogens is 212 g/mol. The van der Waals surface area contributed by atoms with E-state index >= 15 is 0 Å². The van der Waals surface area contributed by atoms with Gasteiger partial charge in [-0.1, -0.05) is 32.4 Å². The summed E-state index contributed by atoms with van der Waals surface area (Å²) in [5.74, 6) is 0.713. The average Bonchev–Trinajstić information content (AvgIpc) is 2.31. The van der Waals surface area contributed by atoms with Gasteiger partial charge in [0.25, 0.3) is 0 Å². The largest absolute Gasteiger partial charge is 0.399 e. The molecule has 94 valence electrons. The Bertz CT molecular complexity index is 359. The lowest BCUT2D eigenvalue weighted by molar-refractivity contribution is -0.129. The van der Waals surface area contributed by atoms with Gasteiger partial charge < -0.3 is 10.6 Å². The zero-order chi connectivity index (χ0) is 12.8. The molecule has 1 aromatic rings. The maximum absolute atomic E-state index is 11.9. The number of rotatable bonds is 5. The minimum atomic E-state index is 0.162. The number of carbonyl (C=O) groups is 1. The monoisotopic (exact) mass is 234 g/mol. The summed E-state index contributed by atoms with van der Waals surface area (Å²) in [6.07, 6.45) is 1.55. The fraction of sp³-hybridized carbons (Fsp3) is 0.500. The van der Waals surface area contributed by atoms with Crippen molar-refractivity contribution in [1.82, 2.24) is 4.90 Å². The second-order valence-corrected chi connectivity index (χ2v) is 4.71. The van der Waals surface area contributed by atoms with Crippen LogP contribution < -0.4 is 5.73 Å². The number of benzene rings is 1. The topological polar surface area (TPSA) is 46.3 Å². The Morgan fingerprint density at radius 2 is 1.94 bits per heavy atom. The third kappa shape index (κ3) is 4.47. The van der Waals surface area contributed by atoms with E-state index in [4.69, 9.17) is 5.73 Å². The van der Waals surface area contributed by atoms with Crippen LogP contribution in [0.25, 0.3) is 0 Å². The molecule has 0 saturated carbocycles. The van der Waals surface area contributed by atoms with Crippen molar-refractivity contribution in [3.8, 4) is 0 Å². The molecule has 0 aliphatic heterocycles. The highest BCUT2D eigenvalue weighted by molar-refractivity contribution is 5.78. The van der Waals surface area contributed by atoms with Crippen LogP contribution in [-0.2, 0) is 11.2 Å². The minimum absolute atomic E-state index is 0.162. The Balaban J connectivity index is 2.51. The summed E-state index contributed by atoms with van der Waals surface area (Å²) in [6.45, 7) is 5.13. The van der Waals surface area contributed by atoms with Gasteiger partial charge in [0.15, 0.2) is 0 Å². The number of anilines is 1. The molecule has 0 bridgehead atoms. The van der Waals surface area contributed by atoms with Crippen LogP contribution in [0.2, 0.25) is 0 Å². The first kappa shape index (κ1) is 13.6. The van der Waals surface area contributed by atoms with Crippen molar-refractivity contribution in [2.45, 2.75) is 26.7 Å². The molecule has 1 atom stereocenters. The van der Waals surface area contributed by atoms with Gasteiger partial charge in [0.05, 0.1) is 6.42 Å². The van der Waals surface area contributed by atoms with E-state index in [1.54, 1.807) is 0 Å². The maximum atomic E-state index is 11.9. The van der Waals surface area contributed by atoms with Gasteiger partial charge in [0.1, 0.15) is 0 Å². The van der Waals surface area contributed by atoms with Gasteiger partial charge in [-0.05, 0) is 23.6 Å². The van der Waals surface area contributed by atoms with Crippen LogP contribution in [0.5, 0.6) is 0 Å². The number of likely N-dealkylation sites (N-methyl/N-ethyl adjacent to an activating group) is 1. The van der Waals surface area contributed by atoms with Crippen molar-refractivity contribution in [2.75, 3.05) is 19.3 Å². The first-order chi connectivity index (χ1) is 8.02. The molecule has 1 aromatic carbocycles. The molecule has 0 fully saturated rings. The molecule has 0 aromatic heterocycles.